The number of thiazole rings is 1. The number of nitrogens with one attached hydrogen (secondary N) is 1. The number of amides is 1. The quantitative estimate of drug-likeness (QED) is 0.348. The Kier molecular flexibility index (Phi) is 5.11. The average molecular weight is 482 g/mol. The van der Waals surface area contributed by atoms with Gasteiger partial charge in [-0.3, -0.25) is 14.0 Å². The number of carbonyl (C=O) groups excluding carboxylic acids is 1. The largest absolute Gasteiger partial charge is 0.340 e. The highest BCUT2D eigenvalue weighted by Gasteiger charge is 2.42. The van der Waals surface area contributed by atoms with Crippen molar-refractivity contribution >= 4 is 61.7 Å². The number of benzene rings is 1. The van der Waals surface area contributed by atoms with Gasteiger partial charge in [0.2, 0.25) is 17.3 Å². The van der Waals surface area contributed by atoms with Crippen molar-refractivity contribution < 1.29 is 4.79 Å². The van der Waals surface area contributed by atoms with E-state index in [0.717, 1.165) is 61.3 Å². The van der Waals surface area contributed by atoms with Crippen LogP contribution in [0.4, 0.5) is 11.6 Å². The van der Waals surface area contributed by atoms with Gasteiger partial charge in [-0.25, -0.2) is 10.2 Å². The van der Waals surface area contributed by atoms with Crippen LogP contribution in [0.25, 0.3) is 26.1 Å². The number of para-hydroxylation sites is 1. The van der Waals surface area contributed by atoms with E-state index in [2.05, 4.69) is 27.7 Å². The Hall–Kier alpha value is -3.71. The molecule has 0 unspecified atom stereocenters. The van der Waals surface area contributed by atoms with Crippen LogP contribution in [-0.4, -0.2) is 40.1 Å². The van der Waals surface area contributed by atoms with Gasteiger partial charge in [0.05, 0.1) is 15.6 Å². The van der Waals surface area contributed by atoms with Gasteiger partial charge in [0.25, 0.3) is 6.71 Å². The molecule has 35 heavy (non-hydrogen) atoms. The molecule has 1 spiro atoms. The summed E-state index contributed by atoms with van der Waals surface area (Å²) in [5.74, 6) is 2.60. The Morgan fingerprint density at radius 3 is 2.86 bits per heavy atom. The van der Waals surface area contributed by atoms with Gasteiger partial charge < -0.3 is 10.2 Å². The second-order valence-electron chi connectivity index (χ2n) is 9.59. The Bertz CT molecular complexity index is 1610. The van der Waals surface area contributed by atoms with Gasteiger partial charge in [-0.1, -0.05) is 44.2 Å². The van der Waals surface area contributed by atoms with Crippen LogP contribution < -0.4 is 15.6 Å². The number of hydrogen-bond donors (Lipinski definition) is 1. The third kappa shape index (κ3) is 3.50. The van der Waals surface area contributed by atoms with Crippen molar-refractivity contribution in [2.75, 3.05) is 23.3 Å². The molecule has 2 fully saturated rings. The molecule has 0 aliphatic carbocycles. The van der Waals surface area contributed by atoms with E-state index >= 15 is 0 Å². The third-order valence-corrected chi connectivity index (χ3v) is 8.70. The van der Waals surface area contributed by atoms with Gasteiger partial charge in [0, 0.05) is 25.3 Å². The first kappa shape index (κ1) is 21.8. The summed E-state index contributed by atoms with van der Waals surface area (Å²) in [6.07, 6.45) is 7.83. The fourth-order valence-electron chi connectivity index (χ4n) is 5.60. The average Bonchev–Trinajstić information content (AvgIpc) is 3.48. The number of hydrogen-bond acceptors (Lipinski definition) is 7. The Morgan fingerprint density at radius 2 is 2.09 bits per heavy atom. The van der Waals surface area contributed by atoms with E-state index < -0.39 is 5.91 Å². The summed E-state index contributed by atoms with van der Waals surface area (Å²) < 4.78 is 2.94. The number of fused-ring (bicyclic) bond motifs is 5. The van der Waals surface area contributed by atoms with Crippen LogP contribution in [0.1, 0.15) is 19.3 Å². The minimum Gasteiger partial charge on any atom is -0.340 e. The monoisotopic (exact) mass is 482 g/mol. The molecule has 6 rings (SSSR count). The van der Waals surface area contributed by atoms with E-state index in [1.54, 1.807) is 6.20 Å². The Balaban J connectivity index is 1.48. The molecule has 1 N–H and O–H groups in total. The van der Waals surface area contributed by atoms with Crippen LogP contribution in [0.15, 0.2) is 47.9 Å². The van der Waals surface area contributed by atoms with Gasteiger partial charge in [-0.15, -0.1) is 11.3 Å². The van der Waals surface area contributed by atoms with Crippen LogP contribution >= 0.6 is 11.3 Å². The van der Waals surface area contributed by atoms with Gasteiger partial charge in [-0.05, 0) is 30.0 Å². The van der Waals surface area contributed by atoms with Crippen LogP contribution in [-0.2, 0) is 4.79 Å². The lowest BCUT2D eigenvalue weighted by atomic mass is 9.39. The van der Waals surface area contributed by atoms with E-state index in [0.29, 0.717) is 21.8 Å². The topological polar surface area (TPSA) is 103 Å². The molecule has 0 atom stereocenters. The normalized spacial score (nSPS) is 17.3. The summed E-state index contributed by atoms with van der Waals surface area (Å²) in [7, 11) is 0. The number of nitrogens with zero attached hydrogens (tertiary/aromatic N) is 5. The van der Waals surface area contributed by atoms with Crippen molar-refractivity contribution in [3.05, 3.63) is 53.3 Å². The lowest BCUT2D eigenvalue weighted by molar-refractivity contribution is -0.111. The predicted octanol–water partition coefficient (Wildman–Crippen LogP) is 4.13. The second-order valence-corrected chi connectivity index (χ2v) is 10.6. The maximum absolute atomic E-state index is 13.4. The highest BCUT2D eigenvalue weighted by atomic mass is 32.1. The molecule has 0 bridgehead atoms. The molecule has 0 saturated carbocycles. The molecular weight excluding hydrogens is 459 g/mol. The lowest BCUT2D eigenvalue weighted by Crippen LogP contribution is -2.34. The van der Waals surface area contributed by atoms with Crippen molar-refractivity contribution in [1.29, 1.82) is 5.26 Å². The SMILES string of the molecule is C=CC(=O)Nc1c(=O)c2cnc(N3CCC4(CCB(C#N)CC4)C3)nc2n2c1sc1ccccc12. The number of nitriles is 1. The maximum Gasteiger partial charge on any atom is 0.267 e. The molecule has 1 aromatic carbocycles. The molecule has 5 heterocycles. The summed E-state index contributed by atoms with van der Waals surface area (Å²) in [5.41, 5.74) is 1.59. The molecule has 2 aliphatic rings. The summed E-state index contributed by atoms with van der Waals surface area (Å²) in [6.45, 7) is 5.41. The first-order chi connectivity index (χ1) is 17.0. The summed E-state index contributed by atoms with van der Waals surface area (Å²) in [6, 6.07) is 7.88. The van der Waals surface area contributed by atoms with Gasteiger partial charge in [-0.2, -0.15) is 4.98 Å². The maximum atomic E-state index is 13.4. The molecule has 1 amide bonds. The number of carbonyl (C=O) groups is 1. The molecule has 8 nitrogen and oxygen atoms in total. The van der Waals surface area contributed by atoms with E-state index in [-0.39, 0.29) is 23.2 Å². The van der Waals surface area contributed by atoms with Gasteiger partial charge >= 0.3 is 0 Å². The number of anilines is 2. The Morgan fingerprint density at radius 1 is 1.29 bits per heavy atom. The molecule has 3 aromatic heterocycles. The van der Waals surface area contributed by atoms with Gasteiger partial charge in [0.1, 0.15) is 10.5 Å². The molecule has 10 heteroatoms. The van der Waals surface area contributed by atoms with Crippen molar-refractivity contribution in [3.8, 4) is 5.97 Å². The minimum atomic E-state index is -0.438. The fraction of sp³-hybridized carbons (Fsp3) is 0.320. The van der Waals surface area contributed by atoms with Crippen LogP contribution in [0.2, 0.25) is 12.6 Å². The zero-order valence-corrected chi connectivity index (χ0v) is 20.0. The van der Waals surface area contributed by atoms with Crippen molar-refractivity contribution in [2.24, 2.45) is 5.41 Å². The highest BCUT2D eigenvalue weighted by Crippen LogP contribution is 2.45. The zero-order valence-electron chi connectivity index (χ0n) is 19.2. The van der Waals surface area contributed by atoms with Crippen molar-refractivity contribution in [1.82, 2.24) is 14.4 Å². The lowest BCUT2D eigenvalue weighted by Gasteiger charge is -2.34. The second kappa shape index (κ2) is 8.20. The van der Waals surface area contributed by atoms with Gasteiger partial charge in [0.15, 0.2) is 5.65 Å². The highest BCUT2D eigenvalue weighted by molar-refractivity contribution is 7.24. The zero-order chi connectivity index (χ0) is 24.2. The first-order valence-corrected chi connectivity index (χ1v) is 12.6. The molecule has 2 aliphatic heterocycles. The van der Waals surface area contributed by atoms with Crippen LogP contribution in [0.5, 0.6) is 0 Å². The summed E-state index contributed by atoms with van der Waals surface area (Å²) >= 11 is 1.44. The molecule has 2 saturated heterocycles. The van der Waals surface area contributed by atoms with E-state index in [9.17, 15) is 14.9 Å². The number of rotatable bonds is 3. The smallest absolute Gasteiger partial charge is 0.267 e. The summed E-state index contributed by atoms with van der Waals surface area (Å²) in [5, 5.41) is 12.3. The molecular formula is C25H23BN6O2S. The van der Waals surface area contributed by atoms with Crippen LogP contribution in [0, 0.1) is 16.6 Å². The minimum absolute atomic E-state index is 0.175. The standard InChI is InChI=1S/C25H23BN6O2S/c1-2-19(33)29-20-21(34)16-13-28-24(31-12-9-25(14-31)7-10-26(15-27)11-8-25)30-22(16)32-17-5-3-4-6-18(17)35-23(20)32/h2-6,13H,1,7-12,14H2,(H,29,33). The fourth-order valence-corrected chi connectivity index (χ4v) is 6.74. The predicted molar refractivity (Wildman–Crippen MR) is 140 cm³/mol. The van der Waals surface area contributed by atoms with E-state index in [1.165, 1.54) is 11.3 Å². The van der Waals surface area contributed by atoms with E-state index in [1.807, 2.05) is 28.7 Å². The number of aromatic nitrogens is 3. The first-order valence-electron chi connectivity index (χ1n) is 11.8. The van der Waals surface area contributed by atoms with Crippen LogP contribution in [0.3, 0.4) is 0 Å². The third-order valence-electron chi connectivity index (χ3n) is 7.55. The Labute approximate surface area is 206 Å². The number of pyridine rings is 1. The summed E-state index contributed by atoms with van der Waals surface area (Å²) in [4.78, 5) is 37.9. The van der Waals surface area contributed by atoms with Crippen molar-refractivity contribution in [3.63, 3.8) is 0 Å². The molecule has 174 valence electrons. The van der Waals surface area contributed by atoms with E-state index in [4.69, 9.17) is 4.98 Å². The molecule has 0 radical (unpaired) electrons. The van der Waals surface area contributed by atoms with Crippen molar-refractivity contribution in [2.45, 2.75) is 31.9 Å². The molecule has 4 aromatic rings.